The SMILES string of the molecule is Cc1nn(C)cc1C(C)NC(=O)c1cc([N+](=O)[O-])ccc1Cl. The number of carbonyl (C=O) groups excluding carboxylic acids is 1. The fraction of sp³-hybridized carbons (Fsp3) is 0.286. The van der Waals surface area contributed by atoms with Crippen LogP contribution in [0, 0.1) is 17.0 Å². The first-order chi connectivity index (χ1) is 10.3. The number of hydrogen-bond acceptors (Lipinski definition) is 4. The topological polar surface area (TPSA) is 90.1 Å². The molecule has 1 aromatic carbocycles. The van der Waals surface area contributed by atoms with Gasteiger partial charge in [0, 0.05) is 30.9 Å². The average molecular weight is 323 g/mol. The van der Waals surface area contributed by atoms with Crippen LogP contribution in [0.25, 0.3) is 0 Å². The van der Waals surface area contributed by atoms with Crippen molar-refractivity contribution in [3.05, 3.63) is 56.4 Å². The average Bonchev–Trinajstić information content (AvgIpc) is 2.77. The van der Waals surface area contributed by atoms with Crippen LogP contribution in [0.5, 0.6) is 0 Å². The maximum atomic E-state index is 12.3. The van der Waals surface area contributed by atoms with E-state index in [-0.39, 0.29) is 22.3 Å². The number of amides is 1. The summed E-state index contributed by atoms with van der Waals surface area (Å²) in [6.45, 7) is 3.66. The Morgan fingerprint density at radius 2 is 2.18 bits per heavy atom. The lowest BCUT2D eigenvalue weighted by atomic mass is 10.1. The first kappa shape index (κ1) is 16.0. The minimum absolute atomic E-state index is 0.0734. The highest BCUT2D eigenvalue weighted by atomic mass is 35.5. The third-order valence-electron chi connectivity index (χ3n) is 3.27. The van der Waals surface area contributed by atoms with Crippen LogP contribution >= 0.6 is 11.6 Å². The normalized spacial score (nSPS) is 12.0. The standard InChI is InChI=1S/C14H15ClN4O3/c1-8(12-7-18(3)17-9(12)2)16-14(20)11-6-10(19(21)22)4-5-13(11)15/h4-8H,1-3H3,(H,16,20). The number of non-ortho nitro benzene ring substituents is 1. The zero-order chi connectivity index (χ0) is 16.4. The fourth-order valence-electron chi connectivity index (χ4n) is 2.20. The van der Waals surface area contributed by atoms with Crippen LogP contribution in [-0.2, 0) is 7.05 Å². The van der Waals surface area contributed by atoms with Crippen molar-refractivity contribution in [2.75, 3.05) is 0 Å². The molecule has 22 heavy (non-hydrogen) atoms. The van der Waals surface area contributed by atoms with Crippen molar-refractivity contribution in [1.29, 1.82) is 0 Å². The van der Waals surface area contributed by atoms with E-state index in [9.17, 15) is 14.9 Å². The summed E-state index contributed by atoms with van der Waals surface area (Å²) in [5, 5.41) is 18.0. The number of carbonyl (C=O) groups is 1. The summed E-state index contributed by atoms with van der Waals surface area (Å²) in [6.07, 6.45) is 1.81. The largest absolute Gasteiger partial charge is 0.345 e. The van der Waals surface area contributed by atoms with Crippen molar-refractivity contribution >= 4 is 23.2 Å². The maximum absolute atomic E-state index is 12.3. The summed E-state index contributed by atoms with van der Waals surface area (Å²) in [5.74, 6) is -0.468. The lowest BCUT2D eigenvalue weighted by Crippen LogP contribution is -2.27. The van der Waals surface area contributed by atoms with Crippen molar-refractivity contribution in [2.24, 2.45) is 7.05 Å². The van der Waals surface area contributed by atoms with E-state index in [4.69, 9.17) is 11.6 Å². The second kappa shape index (κ2) is 6.15. The Hall–Kier alpha value is -2.41. The van der Waals surface area contributed by atoms with Crippen molar-refractivity contribution in [1.82, 2.24) is 15.1 Å². The first-order valence-corrected chi connectivity index (χ1v) is 6.92. The van der Waals surface area contributed by atoms with E-state index in [0.29, 0.717) is 0 Å². The van der Waals surface area contributed by atoms with Crippen LogP contribution < -0.4 is 5.32 Å². The van der Waals surface area contributed by atoms with Gasteiger partial charge in [-0.2, -0.15) is 5.10 Å². The second-order valence-corrected chi connectivity index (χ2v) is 5.37. The van der Waals surface area contributed by atoms with Crippen LogP contribution in [0.2, 0.25) is 5.02 Å². The zero-order valence-electron chi connectivity index (χ0n) is 12.3. The number of nitro groups is 1. The third-order valence-corrected chi connectivity index (χ3v) is 3.60. The molecule has 0 saturated carbocycles. The Kier molecular flexibility index (Phi) is 4.46. The van der Waals surface area contributed by atoms with Crippen molar-refractivity contribution < 1.29 is 9.72 Å². The van der Waals surface area contributed by atoms with E-state index >= 15 is 0 Å². The molecule has 0 aliphatic rings. The smallest absolute Gasteiger partial charge is 0.270 e. The van der Waals surface area contributed by atoms with E-state index in [1.807, 2.05) is 20.0 Å². The molecule has 2 rings (SSSR count). The number of halogens is 1. The van der Waals surface area contributed by atoms with Crippen LogP contribution in [0.4, 0.5) is 5.69 Å². The predicted octanol–water partition coefficient (Wildman–Crippen LogP) is 2.78. The molecule has 0 radical (unpaired) electrons. The molecule has 2 aromatic rings. The van der Waals surface area contributed by atoms with Gasteiger partial charge in [-0.15, -0.1) is 0 Å². The van der Waals surface area contributed by atoms with E-state index in [1.165, 1.54) is 18.2 Å². The zero-order valence-corrected chi connectivity index (χ0v) is 13.1. The van der Waals surface area contributed by atoms with Gasteiger partial charge in [0.1, 0.15) is 0 Å². The van der Waals surface area contributed by atoms with Gasteiger partial charge in [-0.1, -0.05) is 11.6 Å². The molecule has 0 fully saturated rings. The highest BCUT2D eigenvalue weighted by Gasteiger charge is 2.19. The molecule has 0 saturated heterocycles. The Labute approximate surface area is 132 Å². The van der Waals surface area contributed by atoms with Crippen molar-refractivity contribution in [3.8, 4) is 0 Å². The molecule has 1 unspecified atom stereocenters. The lowest BCUT2D eigenvalue weighted by molar-refractivity contribution is -0.384. The predicted molar refractivity (Wildman–Crippen MR) is 81.9 cm³/mol. The highest BCUT2D eigenvalue weighted by molar-refractivity contribution is 6.33. The minimum atomic E-state index is -0.568. The second-order valence-electron chi connectivity index (χ2n) is 4.96. The van der Waals surface area contributed by atoms with Gasteiger partial charge in [0.15, 0.2) is 0 Å². The van der Waals surface area contributed by atoms with Crippen LogP contribution in [0.15, 0.2) is 24.4 Å². The summed E-state index contributed by atoms with van der Waals surface area (Å²) in [6, 6.07) is 3.47. The molecule has 1 N–H and O–H groups in total. The molecule has 0 spiro atoms. The summed E-state index contributed by atoms with van der Waals surface area (Å²) < 4.78 is 1.66. The van der Waals surface area contributed by atoms with E-state index in [1.54, 1.807) is 11.7 Å². The number of nitrogens with zero attached hydrogens (tertiary/aromatic N) is 3. The molecule has 1 atom stereocenters. The number of hydrogen-bond donors (Lipinski definition) is 1. The van der Waals surface area contributed by atoms with Gasteiger partial charge in [0.25, 0.3) is 11.6 Å². The van der Waals surface area contributed by atoms with Crippen molar-refractivity contribution in [2.45, 2.75) is 19.9 Å². The van der Waals surface area contributed by atoms with Gasteiger partial charge in [0.2, 0.25) is 0 Å². The third kappa shape index (κ3) is 3.25. The Morgan fingerprint density at radius 1 is 1.50 bits per heavy atom. The van der Waals surface area contributed by atoms with Gasteiger partial charge >= 0.3 is 0 Å². The maximum Gasteiger partial charge on any atom is 0.270 e. The van der Waals surface area contributed by atoms with Gasteiger partial charge in [-0.3, -0.25) is 19.6 Å². The fourth-order valence-corrected chi connectivity index (χ4v) is 2.40. The molecular weight excluding hydrogens is 308 g/mol. The summed E-state index contributed by atoms with van der Waals surface area (Å²) >= 11 is 5.96. The van der Waals surface area contributed by atoms with E-state index < -0.39 is 10.8 Å². The molecule has 1 heterocycles. The van der Waals surface area contributed by atoms with Crippen LogP contribution in [-0.4, -0.2) is 20.6 Å². The molecule has 8 heteroatoms. The van der Waals surface area contributed by atoms with Gasteiger partial charge in [-0.25, -0.2) is 0 Å². The quantitative estimate of drug-likeness (QED) is 0.692. The lowest BCUT2D eigenvalue weighted by Gasteiger charge is -2.13. The molecule has 0 bridgehead atoms. The number of aromatic nitrogens is 2. The Morgan fingerprint density at radius 3 is 2.73 bits per heavy atom. The van der Waals surface area contributed by atoms with Gasteiger partial charge in [0.05, 0.1) is 27.2 Å². The van der Waals surface area contributed by atoms with Crippen molar-refractivity contribution in [3.63, 3.8) is 0 Å². The van der Waals surface area contributed by atoms with Crippen LogP contribution in [0.1, 0.15) is 34.6 Å². The highest BCUT2D eigenvalue weighted by Crippen LogP contribution is 2.23. The molecule has 7 nitrogen and oxygen atoms in total. The Bertz CT molecular complexity index is 742. The first-order valence-electron chi connectivity index (χ1n) is 6.54. The molecule has 116 valence electrons. The summed E-state index contributed by atoms with van der Waals surface area (Å²) in [5.41, 5.74) is 1.57. The molecule has 1 aromatic heterocycles. The van der Waals surface area contributed by atoms with Gasteiger partial charge < -0.3 is 5.32 Å². The summed E-state index contributed by atoms with van der Waals surface area (Å²) in [7, 11) is 1.79. The number of nitro benzene ring substituents is 1. The Balaban J connectivity index is 2.23. The molecule has 1 amide bonds. The van der Waals surface area contributed by atoms with E-state index in [2.05, 4.69) is 10.4 Å². The minimum Gasteiger partial charge on any atom is -0.345 e. The molecular formula is C14H15ClN4O3. The number of aryl methyl sites for hydroxylation is 2. The molecule has 0 aliphatic carbocycles. The molecule has 0 aliphatic heterocycles. The van der Waals surface area contributed by atoms with E-state index in [0.717, 1.165) is 11.3 Å². The number of benzene rings is 1. The number of rotatable bonds is 4. The monoisotopic (exact) mass is 322 g/mol. The number of nitrogens with one attached hydrogen (secondary N) is 1. The van der Waals surface area contributed by atoms with Crippen LogP contribution in [0.3, 0.4) is 0 Å². The van der Waals surface area contributed by atoms with Gasteiger partial charge in [-0.05, 0) is 19.9 Å². The summed E-state index contributed by atoms with van der Waals surface area (Å²) in [4.78, 5) is 22.5.